The van der Waals surface area contributed by atoms with Gasteiger partial charge < -0.3 is 15.0 Å². The topological polar surface area (TPSA) is 84.2 Å². The van der Waals surface area contributed by atoms with Crippen LogP contribution in [0.4, 0.5) is 0 Å². The number of aryl methyl sites for hydroxylation is 1. The molecule has 1 atom stereocenters. The van der Waals surface area contributed by atoms with Crippen LogP contribution in [0, 0.1) is 5.92 Å². The highest BCUT2D eigenvalue weighted by atomic mass is 35.5. The Morgan fingerprint density at radius 1 is 1.09 bits per heavy atom. The number of carboxylic acids is 1. The molecule has 6 nitrogen and oxygen atoms in total. The molecular formula is C27H32ClN3O3S. The third kappa shape index (κ3) is 7.61. The third-order valence-electron chi connectivity index (χ3n) is 5.98. The van der Waals surface area contributed by atoms with E-state index in [1.807, 2.05) is 42.5 Å². The number of carbonyl (C=O) groups is 2. The quantitative estimate of drug-likeness (QED) is 0.278. The molecule has 2 N–H and O–H groups in total. The van der Waals surface area contributed by atoms with Gasteiger partial charge in [-0.3, -0.25) is 4.79 Å². The van der Waals surface area contributed by atoms with Crippen LogP contribution < -0.4 is 5.32 Å². The molecule has 1 aromatic heterocycles. The van der Waals surface area contributed by atoms with E-state index in [0.29, 0.717) is 36.8 Å². The van der Waals surface area contributed by atoms with Gasteiger partial charge in [-0.05, 0) is 36.1 Å². The number of halogens is 1. The van der Waals surface area contributed by atoms with Crippen molar-refractivity contribution in [1.29, 1.82) is 0 Å². The lowest BCUT2D eigenvalue weighted by atomic mass is 10.0. The van der Waals surface area contributed by atoms with E-state index in [0.717, 1.165) is 41.9 Å². The number of imidazole rings is 1. The molecule has 0 bridgehead atoms. The Morgan fingerprint density at radius 2 is 1.80 bits per heavy atom. The molecule has 3 aromatic rings. The molecule has 8 heteroatoms. The van der Waals surface area contributed by atoms with Crippen LogP contribution in [0.3, 0.4) is 0 Å². The predicted octanol–water partition coefficient (Wildman–Crippen LogP) is 5.07. The Labute approximate surface area is 217 Å². The van der Waals surface area contributed by atoms with Crippen molar-refractivity contribution in [2.75, 3.05) is 12.3 Å². The van der Waals surface area contributed by atoms with Gasteiger partial charge in [0.15, 0.2) is 5.15 Å². The lowest BCUT2D eigenvalue weighted by Gasteiger charge is -2.16. The molecule has 186 valence electrons. The predicted molar refractivity (Wildman–Crippen MR) is 143 cm³/mol. The first-order valence-corrected chi connectivity index (χ1v) is 12.9. The molecule has 0 saturated carbocycles. The molecule has 1 heterocycles. The van der Waals surface area contributed by atoms with Crippen molar-refractivity contribution in [1.82, 2.24) is 14.9 Å². The summed E-state index contributed by atoms with van der Waals surface area (Å²) in [5.41, 5.74) is 3.19. The summed E-state index contributed by atoms with van der Waals surface area (Å²) in [5, 5.41) is 12.7. The van der Waals surface area contributed by atoms with Crippen molar-refractivity contribution in [2.24, 2.45) is 5.92 Å². The molecule has 35 heavy (non-hydrogen) atoms. The number of hydrogen-bond acceptors (Lipinski definition) is 4. The highest BCUT2D eigenvalue weighted by molar-refractivity contribution is 7.80. The number of hydrogen-bond donors (Lipinski definition) is 3. The second-order valence-corrected chi connectivity index (χ2v) is 9.29. The van der Waals surface area contributed by atoms with Gasteiger partial charge in [-0.1, -0.05) is 67.4 Å². The molecule has 3 rings (SSSR count). The highest BCUT2D eigenvalue weighted by Crippen LogP contribution is 2.22. The van der Waals surface area contributed by atoms with Crippen molar-refractivity contribution in [3.05, 3.63) is 88.0 Å². The summed E-state index contributed by atoms with van der Waals surface area (Å²) in [4.78, 5) is 28.6. The van der Waals surface area contributed by atoms with Crippen LogP contribution in [0.1, 0.15) is 52.8 Å². The zero-order chi connectivity index (χ0) is 25.2. The van der Waals surface area contributed by atoms with Gasteiger partial charge in [0.25, 0.3) is 0 Å². The van der Waals surface area contributed by atoms with Gasteiger partial charge in [0.05, 0.1) is 17.2 Å². The van der Waals surface area contributed by atoms with Crippen molar-refractivity contribution in [3.63, 3.8) is 0 Å². The van der Waals surface area contributed by atoms with Crippen molar-refractivity contribution in [3.8, 4) is 0 Å². The molecule has 0 radical (unpaired) electrons. The molecule has 1 amide bonds. The monoisotopic (exact) mass is 513 g/mol. The number of aromatic carboxylic acids is 1. The highest BCUT2D eigenvalue weighted by Gasteiger charge is 2.19. The number of unbranched alkanes of at least 4 members (excludes halogenated alkanes) is 1. The first-order chi connectivity index (χ1) is 16.9. The van der Waals surface area contributed by atoms with Gasteiger partial charge in [-0.25, -0.2) is 9.78 Å². The van der Waals surface area contributed by atoms with Crippen LogP contribution in [0.2, 0.25) is 5.15 Å². The smallest absolute Gasteiger partial charge is 0.335 e. The van der Waals surface area contributed by atoms with Crippen LogP contribution in [0.25, 0.3) is 0 Å². The number of rotatable bonds is 13. The zero-order valence-corrected chi connectivity index (χ0v) is 21.6. The van der Waals surface area contributed by atoms with Crippen LogP contribution in [-0.4, -0.2) is 38.8 Å². The summed E-state index contributed by atoms with van der Waals surface area (Å²) in [6.07, 6.45) is 4.01. The Balaban J connectivity index is 1.70. The fraction of sp³-hybridized carbons (Fsp3) is 0.370. The SMILES string of the molecule is CCCCc1nc(Cl)c(CCNC(=O)C(CS)Cc2ccccc2)n1Cc1ccc(C(=O)O)cc1. The van der Waals surface area contributed by atoms with Crippen molar-refractivity contribution < 1.29 is 14.7 Å². The first-order valence-electron chi connectivity index (χ1n) is 11.9. The van der Waals surface area contributed by atoms with E-state index >= 15 is 0 Å². The van der Waals surface area contributed by atoms with Crippen molar-refractivity contribution >= 4 is 36.1 Å². The van der Waals surface area contributed by atoms with Gasteiger partial charge in [-0.15, -0.1) is 0 Å². The average molecular weight is 514 g/mol. The largest absolute Gasteiger partial charge is 0.478 e. The number of benzene rings is 2. The van der Waals surface area contributed by atoms with Gasteiger partial charge in [0, 0.05) is 31.7 Å². The van der Waals surface area contributed by atoms with E-state index < -0.39 is 5.97 Å². The normalized spacial score (nSPS) is 11.9. The summed E-state index contributed by atoms with van der Waals surface area (Å²) >= 11 is 10.9. The average Bonchev–Trinajstić information content (AvgIpc) is 3.15. The van der Waals surface area contributed by atoms with Crippen LogP contribution in [0.5, 0.6) is 0 Å². The fourth-order valence-electron chi connectivity index (χ4n) is 3.98. The third-order valence-corrected chi connectivity index (χ3v) is 6.72. The zero-order valence-electron chi connectivity index (χ0n) is 19.9. The van der Waals surface area contributed by atoms with E-state index in [9.17, 15) is 9.59 Å². The first kappa shape index (κ1) is 26.8. The number of aromatic nitrogens is 2. The minimum atomic E-state index is -0.950. The number of thiol groups is 1. The number of nitrogens with one attached hydrogen (secondary N) is 1. The molecule has 1 unspecified atom stereocenters. The summed E-state index contributed by atoms with van der Waals surface area (Å²) in [7, 11) is 0. The standard InChI is InChI=1S/C27H32ClN3O3S/c1-2-3-9-24-30-25(28)23(31(24)17-20-10-12-21(13-11-20)27(33)34)14-15-29-26(32)22(18-35)16-19-7-5-4-6-8-19/h4-8,10-13,22,35H,2-3,9,14-18H2,1H3,(H,29,32)(H,33,34). The number of amides is 1. The Kier molecular flexibility index (Phi) is 10.2. The van der Waals surface area contributed by atoms with Gasteiger partial charge in [0.2, 0.25) is 5.91 Å². The molecule has 0 aliphatic rings. The van der Waals surface area contributed by atoms with E-state index in [1.54, 1.807) is 12.1 Å². The molecule has 2 aromatic carbocycles. The maximum atomic E-state index is 12.8. The molecule has 0 saturated heterocycles. The van der Waals surface area contributed by atoms with E-state index in [1.165, 1.54) is 0 Å². The number of carbonyl (C=O) groups excluding carboxylic acids is 1. The van der Waals surface area contributed by atoms with E-state index in [-0.39, 0.29) is 17.4 Å². The Morgan fingerprint density at radius 3 is 2.43 bits per heavy atom. The summed E-state index contributed by atoms with van der Waals surface area (Å²) in [6.45, 7) is 3.10. The van der Waals surface area contributed by atoms with Crippen LogP contribution in [0.15, 0.2) is 54.6 Å². The van der Waals surface area contributed by atoms with Gasteiger partial charge in [0.1, 0.15) is 5.82 Å². The Hall–Kier alpha value is -2.77. The lowest BCUT2D eigenvalue weighted by Crippen LogP contribution is -2.34. The van der Waals surface area contributed by atoms with Gasteiger partial charge >= 0.3 is 5.97 Å². The molecule has 0 aliphatic heterocycles. The maximum absolute atomic E-state index is 12.8. The van der Waals surface area contributed by atoms with E-state index in [2.05, 4.69) is 34.4 Å². The van der Waals surface area contributed by atoms with Crippen LogP contribution >= 0.6 is 24.2 Å². The molecule has 0 aliphatic carbocycles. The fourth-order valence-corrected chi connectivity index (χ4v) is 4.57. The second kappa shape index (κ2) is 13.4. The maximum Gasteiger partial charge on any atom is 0.335 e. The number of nitrogens with zero attached hydrogens (tertiary/aromatic N) is 2. The second-order valence-electron chi connectivity index (χ2n) is 8.57. The van der Waals surface area contributed by atoms with Gasteiger partial charge in [-0.2, -0.15) is 12.6 Å². The molecule has 0 spiro atoms. The van der Waals surface area contributed by atoms with Crippen molar-refractivity contribution in [2.45, 2.75) is 45.6 Å². The van der Waals surface area contributed by atoms with E-state index in [4.69, 9.17) is 16.7 Å². The summed E-state index contributed by atoms with van der Waals surface area (Å²) < 4.78 is 2.10. The summed E-state index contributed by atoms with van der Waals surface area (Å²) in [5.74, 6) is 0.176. The lowest BCUT2D eigenvalue weighted by molar-refractivity contribution is -0.124. The summed E-state index contributed by atoms with van der Waals surface area (Å²) in [6, 6.07) is 16.8. The number of carboxylic acid groups (broad SMARTS) is 1. The minimum absolute atomic E-state index is 0.0264. The van der Waals surface area contributed by atoms with Crippen LogP contribution in [-0.2, 0) is 30.6 Å². The molecular weight excluding hydrogens is 482 g/mol. The Bertz CT molecular complexity index is 1120. The molecule has 0 fully saturated rings. The minimum Gasteiger partial charge on any atom is -0.478 e.